The van der Waals surface area contributed by atoms with Crippen LogP contribution >= 0.6 is 0 Å². The van der Waals surface area contributed by atoms with Crippen molar-refractivity contribution in [2.75, 3.05) is 0 Å². The molecule has 72 valence electrons. The molecule has 0 spiro atoms. The van der Waals surface area contributed by atoms with E-state index < -0.39 is 21.3 Å². The summed E-state index contributed by atoms with van der Waals surface area (Å²) in [4.78, 5) is 0. The second-order valence-corrected chi connectivity index (χ2v) is 4.56. The van der Waals surface area contributed by atoms with Crippen LogP contribution in [0.2, 0.25) is 0 Å². The van der Waals surface area contributed by atoms with Crippen molar-refractivity contribution in [3.05, 3.63) is 0 Å². The van der Waals surface area contributed by atoms with Crippen molar-refractivity contribution < 1.29 is 8.42 Å². The maximum atomic E-state index is 11.2. The summed E-state index contributed by atoms with van der Waals surface area (Å²) >= 11 is 0. The summed E-state index contributed by atoms with van der Waals surface area (Å²) in [7, 11) is -3.67. The summed E-state index contributed by atoms with van der Waals surface area (Å²) < 4.78 is 24.5. The number of rotatable bonds is 4. The molecule has 6 heteroatoms. The Balaban J connectivity index is 4.55. The molecule has 0 fully saturated rings. The first-order valence-electron chi connectivity index (χ1n) is 3.78. The normalized spacial score (nSPS) is 15.4. The van der Waals surface area contributed by atoms with Gasteiger partial charge in [-0.25, -0.2) is 8.42 Å². The molecule has 0 amide bonds. The van der Waals surface area contributed by atoms with E-state index in [1.54, 1.807) is 19.1 Å². The van der Waals surface area contributed by atoms with Crippen molar-refractivity contribution in [1.82, 2.24) is 4.72 Å². The average Bonchev–Trinajstić information content (AvgIpc) is 2.12. The highest BCUT2D eigenvalue weighted by atomic mass is 32.2. The van der Waals surface area contributed by atoms with Crippen LogP contribution in [0.3, 0.4) is 0 Å². The number of hydrogen-bond acceptors (Lipinski definition) is 4. The average molecular weight is 201 g/mol. The molecule has 0 saturated heterocycles. The van der Waals surface area contributed by atoms with Crippen LogP contribution in [0.5, 0.6) is 0 Å². The summed E-state index contributed by atoms with van der Waals surface area (Å²) in [6.45, 7) is 2.96. The van der Waals surface area contributed by atoms with Gasteiger partial charge in [-0.3, -0.25) is 0 Å². The van der Waals surface area contributed by atoms with Crippen LogP contribution in [0.4, 0.5) is 0 Å². The molecule has 0 bridgehead atoms. The highest BCUT2D eigenvalue weighted by molar-refractivity contribution is 7.90. The zero-order valence-electron chi connectivity index (χ0n) is 7.48. The third-order valence-electron chi connectivity index (χ3n) is 1.52. The number of nitrogens with zero attached hydrogens (tertiary/aromatic N) is 2. The molecule has 0 aromatic rings. The van der Waals surface area contributed by atoms with Crippen LogP contribution in [-0.2, 0) is 10.0 Å². The Morgan fingerprint density at radius 1 is 1.38 bits per heavy atom. The maximum absolute atomic E-state index is 11.2. The summed E-state index contributed by atoms with van der Waals surface area (Å²) in [6, 6.07) is 2.64. The number of nitrogens with one attached hydrogen (secondary N) is 1. The van der Waals surface area contributed by atoms with Crippen LogP contribution in [0.15, 0.2) is 0 Å². The molecule has 0 heterocycles. The van der Waals surface area contributed by atoms with E-state index >= 15 is 0 Å². The Morgan fingerprint density at radius 3 is 2.23 bits per heavy atom. The Morgan fingerprint density at radius 2 is 1.92 bits per heavy atom. The van der Waals surface area contributed by atoms with Gasteiger partial charge in [0.1, 0.15) is 6.04 Å². The quantitative estimate of drug-likeness (QED) is 0.699. The van der Waals surface area contributed by atoms with Gasteiger partial charge in [0.2, 0.25) is 10.0 Å². The third-order valence-corrected chi connectivity index (χ3v) is 3.17. The van der Waals surface area contributed by atoms with E-state index in [1.807, 2.05) is 0 Å². The van der Waals surface area contributed by atoms with Gasteiger partial charge in [-0.2, -0.15) is 15.2 Å². The van der Waals surface area contributed by atoms with Crippen LogP contribution in [0.25, 0.3) is 0 Å². The lowest BCUT2D eigenvalue weighted by Gasteiger charge is -2.10. The van der Waals surface area contributed by atoms with Crippen molar-refractivity contribution in [2.24, 2.45) is 0 Å². The molecule has 0 aromatic heterocycles. The van der Waals surface area contributed by atoms with E-state index in [-0.39, 0.29) is 0 Å². The van der Waals surface area contributed by atoms with Crippen molar-refractivity contribution >= 4 is 10.0 Å². The lowest BCUT2D eigenvalue weighted by atomic mass is 10.3. The predicted octanol–water partition coefficient (Wildman–Crippen LogP) is 0.120. The van der Waals surface area contributed by atoms with Gasteiger partial charge in [-0.05, 0) is 13.3 Å². The Labute approximate surface area is 78.0 Å². The molecule has 0 radical (unpaired) electrons. The molecule has 0 aliphatic heterocycles. The molecule has 1 N–H and O–H groups in total. The molecule has 0 rings (SSSR count). The molecule has 0 aromatic carbocycles. The first-order chi connectivity index (χ1) is 5.97. The molecule has 0 saturated carbocycles. The van der Waals surface area contributed by atoms with Gasteiger partial charge < -0.3 is 0 Å². The summed E-state index contributed by atoms with van der Waals surface area (Å²) in [5, 5.41) is 15.7. The van der Waals surface area contributed by atoms with E-state index in [0.29, 0.717) is 6.42 Å². The van der Waals surface area contributed by atoms with Crippen LogP contribution in [0, 0.1) is 22.7 Å². The lowest BCUT2D eigenvalue weighted by Crippen LogP contribution is -2.38. The predicted molar refractivity (Wildman–Crippen MR) is 46.8 cm³/mol. The minimum Gasteiger partial charge on any atom is -0.211 e. The van der Waals surface area contributed by atoms with Crippen molar-refractivity contribution in [3.8, 4) is 12.1 Å². The van der Waals surface area contributed by atoms with E-state index in [9.17, 15) is 8.42 Å². The van der Waals surface area contributed by atoms with Crippen LogP contribution in [0.1, 0.15) is 20.3 Å². The minimum absolute atomic E-state index is 0.383. The summed E-state index contributed by atoms with van der Waals surface area (Å²) in [5.74, 6) is 0. The van der Waals surface area contributed by atoms with Crippen LogP contribution < -0.4 is 4.72 Å². The van der Waals surface area contributed by atoms with Crippen molar-refractivity contribution in [3.63, 3.8) is 0 Å². The second-order valence-electron chi connectivity index (χ2n) is 2.52. The Kier molecular flexibility index (Phi) is 4.39. The first-order valence-corrected chi connectivity index (χ1v) is 5.33. The molecule has 0 aliphatic rings. The molecule has 5 nitrogen and oxygen atoms in total. The van der Waals surface area contributed by atoms with E-state index in [2.05, 4.69) is 4.72 Å². The monoisotopic (exact) mass is 201 g/mol. The zero-order valence-corrected chi connectivity index (χ0v) is 8.30. The Bertz CT molecular complexity index is 336. The van der Waals surface area contributed by atoms with Crippen LogP contribution in [-0.4, -0.2) is 19.7 Å². The fourth-order valence-corrected chi connectivity index (χ4v) is 1.53. The third kappa shape index (κ3) is 3.41. The fourth-order valence-electron chi connectivity index (χ4n) is 0.571. The molecule has 13 heavy (non-hydrogen) atoms. The van der Waals surface area contributed by atoms with Gasteiger partial charge >= 0.3 is 0 Å². The number of sulfonamides is 1. The summed E-state index contributed by atoms with van der Waals surface area (Å²) in [5.41, 5.74) is 0. The van der Waals surface area contributed by atoms with Crippen molar-refractivity contribution in [1.29, 1.82) is 10.5 Å². The SMILES string of the molecule is CCC(C#N)NS(=O)(=O)C(C)C#N. The molecule has 2 unspecified atom stereocenters. The molecular formula is C7H11N3O2S. The maximum Gasteiger partial charge on any atom is 0.228 e. The van der Waals surface area contributed by atoms with Crippen molar-refractivity contribution in [2.45, 2.75) is 31.6 Å². The lowest BCUT2D eigenvalue weighted by molar-refractivity contribution is 0.565. The number of hydrogen-bond donors (Lipinski definition) is 1. The van der Waals surface area contributed by atoms with Gasteiger partial charge in [0.05, 0.1) is 12.1 Å². The minimum atomic E-state index is -3.67. The van der Waals surface area contributed by atoms with Gasteiger partial charge in [0.15, 0.2) is 5.25 Å². The topological polar surface area (TPSA) is 93.8 Å². The van der Waals surface area contributed by atoms with E-state index in [0.717, 1.165) is 0 Å². The Hall–Kier alpha value is -1.11. The van der Waals surface area contributed by atoms with Gasteiger partial charge in [-0.15, -0.1) is 0 Å². The summed E-state index contributed by atoms with van der Waals surface area (Å²) in [6.07, 6.45) is 0.383. The smallest absolute Gasteiger partial charge is 0.211 e. The fraction of sp³-hybridized carbons (Fsp3) is 0.714. The van der Waals surface area contributed by atoms with Gasteiger partial charge in [-0.1, -0.05) is 6.92 Å². The first kappa shape index (κ1) is 11.9. The standard InChI is InChI=1S/C7H11N3O2S/c1-3-7(5-9)10-13(11,12)6(2)4-8/h6-7,10H,3H2,1-2H3. The molecule has 0 aliphatic carbocycles. The van der Waals surface area contributed by atoms with Gasteiger partial charge in [0, 0.05) is 0 Å². The number of nitriles is 2. The second kappa shape index (κ2) is 4.80. The largest absolute Gasteiger partial charge is 0.228 e. The highest BCUT2D eigenvalue weighted by Gasteiger charge is 2.22. The molecular weight excluding hydrogens is 190 g/mol. The highest BCUT2D eigenvalue weighted by Crippen LogP contribution is 1.99. The van der Waals surface area contributed by atoms with Gasteiger partial charge in [0.25, 0.3) is 0 Å². The van der Waals surface area contributed by atoms with E-state index in [4.69, 9.17) is 10.5 Å². The zero-order chi connectivity index (χ0) is 10.5. The van der Waals surface area contributed by atoms with E-state index in [1.165, 1.54) is 6.92 Å². The molecule has 2 atom stereocenters.